The zero-order valence-electron chi connectivity index (χ0n) is 10.2. The van der Waals surface area contributed by atoms with Crippen molar-refractivity contribution in [3.8, 4) is 0 Å². The maximum Gasteiger partial charge on any atom is 0.169 e. The van der Waals surface area contributed by atoms with Crippen molar-refractivity contribution in [3.63, 3.8) is 0 Å². The molecule has 4 N–H and O–H groups in total. The average Bonchev–Trinajstić information content (AvgIpc) is 2.41. The van der Waals surface area contributed by atoms with Gasteiger partial charge < -0.3 is 16.4 Å². The highest BCUT2D eigenvalue weighted by Crippen LogP contribution is 2.20. The molecule has 94 valence electrons. The molecule has 1 saturated heterocycles. The Morgan fingerprint density at radius 1 is 1.22 bits per heavy atom. The largest absolute Gasteiger partial charge is 0.381 e. The van der Waals surface area contributed by atoms with Crippen LogP contribution in [0, 0.1) is 0 Å². The van der Waals surface area contributed by atoms with Gasteiger partial charge in [0.2, 0.25) is 0 Å². The highest BCUT2D eigenvalue weighted by molar-refractivity contribution is 5.79. The molecule has 0 spiro atoms. The Hall–Kier alpha value is -1.88. The minimum atomic E-state index is 0.386. The second-order valence-corrected chi connectivity index (χ2v) is 4.63. The lowest BCUT2D eigenvalue weighted by molar-refractivity contribution is 0.479. The van der Waals surface area contributed by atoms with Gasteiger partial charge in [0, 0.05) is 12.6 Å². The van der Waals surface area contributed by atoms with E-state index in [0.29, 0.717) is 17.7 Å². The van der Waals surface area contributed by atoms with Gasteiger partial charge in [-0.1, -0.05) is 12.1 Å². The number of anilines is 2. The average molecular weight is 243 g/mol. The summed E-state index contributed by atoms with van der Waals surface area (Å²) in [6.07, 6.45) is 2.32. The molecule has 18 heavy (non-hydrogen) atoms. The summed E-state index contributed by atoms with van der Waals surface area (Å²) in [5, 5.41) is 6.74. The van der Waals surface area contributed by atoms with Gasteiger partial charge in [-0.3, -0.25) is 0 Å². The first-order chi connectivity index (χ1) is 8.83. The molecule has 1 atom stereocenters. The minimum Gasteiger partial charge on any atom is -0.381 e. The zero-order chi connectivity index (χ0) is 12.4. The number of nitrogens with one attached hydrogen (secondary N) is 2. The van der Waals surface area contributed by atoms with E-state index in [2.05, 4.69) is 20.6 Å². The predicted octanol–water partition coefficient (Wildman–Crippen LogP) is 1.38. The molecule has 1 aromatic heterocycles. The molecule has 5 nitrogen and oxygen atoms in total. The van der Waals surface area contributed by atoms with Crippen LogP contribution in [-0.4, -0.2) is 29.1 Å². The van der Waals surface area contributed by atoms with Gasteiger partial charge in [-0.05, 0) is 31.5 Å². The van der Waals surface area contributed by atoms with Crippen LogP contribution in [0.5, 0.6) is 0 Å². The third-order valence-corrected chi connectivity index (χ3v) is 3.24. The summed E-state index contributed by atoms with van der Waals surface area (Å²) in [5.74, 6) is 1.17. The number of nitrogen functional groups attached to an aromatic ring is 1. The second-order valence-electron chi connectivity index (χ2n) is 4.63. The van der Waals surface area contributed by atoms with Gasteiger partial charge >= 0.3 is 0 Å². The van der Waals surface area contributed by atoms with E-state index < -0.39 is 0 Å². The number of nitrogens with two attached hydrogens (primary N) is 1. The summed E-state index contributed by atoms with van der Waals surface area (Å²) < 4.78 is 0. The van der Waals surface area contributed by atoms with Crippen LogP contribution >= 0.6 is 0 Å². The van der Waals surface area contributed by atoms with E-state index in [4.69, 9.17) is 5.73 Å². The van der Waals surface area contributed by atoms with E-state index in [1.165, 1.54) is 6.42 Å². The molecule has 1 aliphatic heterocycles. The number of fused-ring (bicyclic) bond motifs is 1. The molecular weight excluding hydrogens is 226 g/mol. The Bertz CT molecular complexity index is 548. The fraction of sp³-hybridized carbons (Fsp3) is 0.385. The van der Waals surface area contributed by atoms with Crippen LogP contribution in [0.2, 0.25) is 0 Å². The number of para-hydroxylation sites is 2. The summed E-state index contributed by atoms with van der Waals surface area (Å²) in [7, 11) is 0. The van der Waals surface area contributed by atoms with Crippen molar-refractivity contribution in [3.05, 3.63) is 24.3 Å². The van der Waals surface area contributed by atoms with Crippen LogP contribution in [0.4, 0.5) is 11.6 Å². The number of benzene rings is 1. The maximum absolute atomic E-state index is 5.95. The van der Waals surface area contributed by atoms with Gasteiger partial charge in [0.05, 0.1) is 11.0 Å². The van der Waals surface area contributed by atoms with Crippen molar-refractivity contribution in [1.29, 1.82) is 0 Å². The van der Waals surface area contributed by atoms with Crippen molar-refractivity contribution < 1.29 is 0 Å². The van der Waals surface area contributed by atoms with Crippen LogP contribution in [0.15, 0.2) is 24.3 Å². The summed E-state index contributed by atoms with van der Waals surface area (Å²) in [6, 6.07) is 8.15. The summed E-state index contributed by atoms with van der Waals surface area (Å²) in [4.78, 5) is 8.92. The van der Waals surface area contributed by atoms with E-state index in [9.17, 15) is 0 Å². The Balaban J connectivity index is 1.88. The van der Waals surface area contributed by atoms with Crippen LogP contribution < -0.4 is 16.4 Å². The Labute approximate surface area is 106 Å². The first kappa shape index (κ1) is 11.2. The number of aromatic nitrogens is 2. The highest BCUT2D eigenvalue weighted by atomic mass is 15.1. The topological polar surface area (TPSA) is 75.9 Å². The lowest BCUT2D eigenvalue weighted by Gasteiger charge is -2.24. The molecule has 2 aromatic rings. The van der Waals surface area contributed by atoms with Crippen molar-refractivity contribution in [2.75, 3.05) is 24.1 Å². The molecule has 2 heterocycles. The van der Waals surface area contributed by atoms with Gasteiger partial charge in [-0.25, -0.2) is 9.97 Å². The van der Waals surface area contributed by atoms with Crippen molar-refractivity contribution in [2.24, 2.45) is 0 Å². The van der Waals surface area contributed by atoms with Crippen LogP contribution in [0.25, 0.3) is 11.0 Å². The molecule has 0 aliphatic carbocycles. The molecule has 3 rings (SSSR count). The number of nitrogens with zero attached hydrogens (tertiary/aromatic N) is 2. The third-order valence-electron chi connectivity index (χ3n) is 3.24. The van der Waals surface area contributed by atoms with E-state index in [0.717, 1.165) is 30.5 Å². The zero-order valence-corrected chi connectivity index (χ0v) is 10.2. The molecular formula is C13H17N5. The normalized spacial score (nSPS) is 19.9. The lowest BCUT2D eigenvalue weighted by atomic mass is 10.1. The van der Waals surface area contributed by atoms with Crippen molar-refractivity contribution in [1.82, 2.24) is 15.3 Å². The Morgan fingerprint density at radius 2 is 2.00 bits per heavy atom. The fourth-order valence-corrected chi connectivity index (χ4v) is 2.29. The molecule has 1 aromatic carbocycles. The predicted molar refractivity (Wildman–Crippen MR) is 73.5 cm³/mol. The van der Waals surface area contributed by atoms with Crippen LogP contribution in [0.1, 0.15) is 12.8 Å². The molecule has 0 bridgehead atoms. The summed E-state index contributed by atoms with van der Waals surface area (Å²) in [6.45, 7) is 2.05. The smallest absolute Gasteiger partial charge is 0.169 e. The first-order valence-corrected chi connectivity index (χ1v) is 6.32. The highest BCUT2D eigenvalue weighted by Gasteiger charge is 2.15. The quantitative estimate of drug-likeness (QED) is 0.743. The first-order valence-electron chi connectivity index (χ1n) is 6.32. The molecule has 1 fully saturated rings. The Kier molecular flexibility index (Phi) is 2.98. The fourth-order valence-electron chi connectivity index (χ4n) is 2.29. The minimum absolute atomic E-state index is 0.386. The number of piperidine rings is 1. The van der Waals surface area contributed by atoms with Gasteiger partial charge in [-0.2, -0.15) is 0 Å². The number of rotatable bonds is 2. The number of hydrogen-bond acceptors (Lipinski definition) is 5. The van der Waals surface area contributed by atoms with Crippen molar-refractivity contribution in [2.45, 2.75) is 18.9 Å². The standard InChI is InChI=1S/C13H17N5/c14-12-13(16-9-4-3-7-15-8-9)18-11-6-2-1-5-10(11)17-12/h1-2,5-6,9,15H,3-4,7-8H2,(H2,14,17)(H,16,18)/t9-/m0/s1. The molecule has 5 heteroatoms. The SMILES string of the molecule is Nc1nc2ccccc2nc1N[C@H]1CCCNC1. The molecule has 0 unspecified atom stereocenters. The summed E-state index contributed by atoms with van der Waals surface area (Å²) >= 11 is 0. The molecule has 1 aliphatic rings. The van der Waals surface area contributed by atoms with Crippen molar-refractivity contribution >= 4 is 22.7 Å². The van der Waals surface area contributed by atoms with Crippen LogP contribution in [0.3, 0.4) is 0 Å². The summed E-state index contributed by atoms with van der Waals surface area (Å²) in [5.41, 5.74) is 7.66. The van der Waals surface area contributed by atoms with Gasteiger partial charge in [0.25, 0.3) is 0 Å². The maximum atomic E-state index is 5.95. The molecule has 0 amide bonds. The van der Waals surface area contributed by atoms with Gasteiger partial charge in [0.1, 0.15) is 0 Å². The second kappa shape index (κ2) is 4.78. The van der Waals surface area contributed by atoms with Gasteiger partial charge in [-0.15, -0.1) is 0 Å². The van der Waals surface area contributed by atoms with E-state index >= 15 is 0 Å². The lowest BCUT2D eigenvalue weighted by Crippen LogP contribution is -2.38. The third kappa shape index (κ3) is 2.22. The van der Waals surface area contributed by atoms with Gasteiger partial charge in [0.15, 0.2) is 11.6 Å². The van der Waals surface area contributed by atoms with E-state index in [1.807, 2.05) is 24.3 Å². The van der Waals surface area contributed by atoms with E-state index in [1.54, 1.807) is 0 Å². The number of hydrogen-bond donors (Lipinski definition) is 3. The van der Waals surface area contributed by atoms with E-state index in [-0.39, 0.29) is 0 Å². The monoisotopic (exact) mass is 243 g/mol. The molecule has 0 saturated carbocycles. The Morgan fingerprint density at radius 3 is 2.72 bits per heavy atom. The molecule has 0 radical (unpaired) electrons. The van der Waals surface area contributed by atoms with Crippen LogP contribution in [-0.2, 0) is 0 Å².